The van der Waals surface area contributed by atoms with E-state index in [9.17, 15) is 9.59 Å². The van der Waals surface area contributed by atoms with Crippen LogP contribution in [0.1, 0.15) is 18.3 Å². The zero-order valence-electron chi connectivity index (χ0n) is 11.3. The molecule has 0 aliphatic carbocycles. The molecule has 2 aromatic rings. The summed E-state index contributed by atoms with van der Waals surface area (Å²) in [5, 5.41) is 7.00. The van der Waals surface area contributed by atoms with Gasteiger partial charge in [0.15, 0.2) is 10.3 Å². The maximum Gasteiger partial charge on any atom is 0.311 e. The molecule has 0 aliphatic heterocycles. The van der Waals surface area contributed by atoms with E-state index in [1.54, 1.807) is 17.7 Å². The average Bonchev–Trinajstić information content (AvgIpc) is 2.99. The van der Waals surface area contributed by atoms with E-state index in [0.717, 1.165) is 0 Å². The second-order valence-corrected chi connectivity index (χ2v) is 5.78. The Balaban J connectivity index is 1.87. The van der Waals surface area contributed by atoms with Gasteiger partial charge in [-0.2, -0.15) is 0 Å². The number of nitrogens with zero attached hydrogens (tertiary/aromatic N) is 2. The van der Waals surface area contributed by atoms with E-state index in [1.807, 2.05) is 0 Å². The summed E-state index contributed by atoms with van der Waals surface area (Å²) in [6.45, 7) is 2.08. The van der Waals surface area contributed by atoms with Crippen LogP contribution in [0, 0.1) is 0 Å². The molecule has 21 heavy (non-hydrogen) atoms. The number of amides is 1. The molecule has 2 aromatic heterocycles. The van der Waals surface area contributed by atoms with E-state index in [0.29, 0.717) is 28.3 Å². The maximum atomic E-state index is 11.8. The molecule has 0 unspecified atom stereocenters. The quantitative estimate of drug-likeness (QED) is 0.778. The van der Waals surface area contributed by atoms with Crippen molar-refractivity contribution in [1.82, 2.24) is 9.97 Å². The molecule has 0 radical (unpaired) electrons. The highest BCUT2D eigenvalue weighted by molar-refractivity contribution is 7.14. The van der Waals surface area contributed by atoms with Crippen molar-refractivity contribution in [2.45, 2.75) is 19.8 Å². The zero-order valence-corrected chi connectivity index (χ0v) is 12.9. The van der Waals surface area contributed by atoms with Crippen LogP contribution in [-0.4, -0.2) is 28.5 Å². The molecule has 2 heterocycles. The van der Waals surface area contributed by atoms with Crippen molar-refractivity contribution >= 4 is 44.8 Å². The number of carbonyl (C=O) groups is 2. The second-order valence-electron chi connectivity index (χ2n) is 4.03. The lowest BCUT2D eigenvalue weighted by Crippen LogP contribution is -2.14. The van der Waals surface area contributed by atoms with Crippen LogP contribution < -0.4 is 11.1 Å². The first kappa shape index (κ1) is 15.4. The molecule has 0 aromatic carbocycles. The van der Waals surface area contributed by atoms with Gasteiger partial charge in [-0.3, -0.25) is 9.59 Å². The van der Waals surface area contributed by atoms with Crippen molar-refractivity contribution in [1.29, 1.82) is 0 Å². The molecule has 9 heteroatoms. The van der Waals surface area contributed by atoms with Crippen molar-refractivity contribution in [3.05, 3.63) is 22.1 Å². The Kier molecular flexibility index (Phi) is 5.23. The topological polar surface area (TPSA) is 107 Å². The van der Waals surface area contributed by atoms with Crippen LogP contribution in [0.2, 0.25) is 0 Å². The molecule has 2 rings (SSSR count). The fraction of sp³-hybridized carbons (Fsp3) is 0.333. The number of hydrogen-bond donors (Lipinski definition) is 2. The molecule has 1 amide bonds. The standard InChI is InChI=1S/C12H14N4O3S2/c1-2-19-10(18)4-8-6-21-12(15-8)16-9(17)3-7-5-20-11(13)14-7/h5-6H,2-4H2,1H3,(H2,13,14)(H,15,16,17). The Morgan fingerprint density at radius 1 is 1.24 bits per heavy atom. The van der Waals surface area contributed by atoms with Crippen LogP contribution in [0.5, 0.6) is 0 Å². The minimum absolute atomic E-state index is 0.100. The van der Waals surface area contributed by atoms with Gasteiger partial charge >= 0.3 is 5.97 Å². The van der Waals surface area contributed by atoms with Crippen LogP contribution in [0.3, 0.4) is 0 Å². The van der Waals surface area contributed by atoms with Crippen molar-refractivity contribution in [3.8, 4) is 0 Å². The van der Waals surface area contributed by atoms with Crippen molar-refractivity contribution < 1.29 is 14.3 Å². The Bertz CT molecular complexity index is 638. The Morgan fingerprint density at radius 3 is 2.62 bits per heavy atom. The van der Waals surface area contributed by atoms with Crippen LogP contribution >= 0.6 is 22.7 Å². The number of carbonyl (C=O) groups excluding carboxylic acids is 2. The SMILES string of the molecule is CCOC(=O)Cc1csc(NC(=O)Cc2csc(N)n2)n1. The first-order valence-corrected chi connectivity index (χ1v) is 7.92. The summed E-state index contributed by atoms with van der Waals surface area (Å²) in [4.78, 5) is 31.3. The molecule has 112 valence electrons. The molecule has 0 saturated heterocycles. The maximum absolute atomic E-state index is 11.8. The lowest BCUT2D eigenvalue weighted by Gasteiger charge is -1.99. The molecular weight excluding hydrogens is 312 g/mol. The van der Waals surface area contributed by atoms with Crippen molar-refractivity contribution in [2.24, 2.45) is 0 Å². The van der Waals surface area contributed by atoms with Crippen LogP contribution in [-0.2, 0) is 27.2 Å². The van der Waals surface area contributed by atoms with Gasteiger partial charge < -0.3 is 15.8 Å². The number of nitrogen functional groups attached to an aromatic ring is 1. The van der Waals surface area contributed by atoms with E-state index < -0.39 is 0 Å². The Labute approximate surface area is 129 Å². The highest BCUT2D eigenvalue weighted by Gasteiger charge is 2.11. The van der Waals surface area contributed by atoms with Gasteiger partial charge in [-0.1, -0.05) is 0 Å². The molecular formula is C12H14N4O3S2. The van der Waals surface area contributed by atoms with E-state index >= 15 is 0 Å². The van der Waals surface area contributed by atoms with E-state index in [1.165, 1.54) is 22.7 Å². The van der Waals surface area contributed by atoms with Gasteiger partial charge in [0.1, 0.15) is 0 Å². The van der Waals surface area contributed by atoms with Crippen LogP contribution in [0.25, 0.3) is 0 Å². The third-order valence-corrected chi connectivity index (χ3v) is 3.87. The number of hydrogen-bond acceptors (Lipinski definition) is 8. The Hall–Kier alpha value is -2.00. The van der Waals surface area contributed by atoms with Crippen molar-refractivity contribution in [2.75, 3.05) is 17.7 Å². The first-order valence-electron chi connectivity index (χ1n) is 6.16. The Morgan fingerprint density at radius 2 is 1.95 bits per heavy atom. The molecule has 0 aliphatic rings. The molecule has 0 bridgehead atoms. The predicted molar refractivity (Wildman–Crippen MR) is 81.3 cm³/mol. The van der Waals surface area contributed by atoms with Gasteiger partial charge in [-0.15, -0.1) is 22.7 Å². The third kappa shape index (κ3) is 4.80. The molecule has 0 fully saturated rings. The minimum Gasteiger partial charge on any atom is -0.466 e. The van der Waals surface area contributed by atoms with E-state index in [2.05, 4.69) is 15.3 Å². The van der Waals surface area contributed by atoms with Gasteiger partial charge in [0.2, 0.25) is 5.91 Å². The van der Waals surface area contributed by atoms with E-state index in [4.69, 9.17) is 10.5 Å². The summed E-state index contributed by atoms with van der Waals surface area (Å²) in [7, 11) is 0. The fourth-order valence-corrected chi connectivity index (χ4v) is 2.83. The first-order chi connectivity index (χ1) is 10.1. The normalized spacial score (nSPS) is 10.3. The summed E-state index contributed by atoms with van der Waals surface area (Å²) in [6.07, 6.45) is 0.239. The van der Waals surface area contributed by atoms with Crippen LogP contribution in [0.15, 0.2) is 10.8 Å². The second kappa shape index (κ2) is 7.14. The van der Waals surface area contributed by atoms with Gasteiger partial charge in [0, 0.05) is 10.8 Å². The third-order valence-electron chi connectivity index (χ3n) is 2.34. The highest BCUT2D eigenvalue weighted by Crippen LogP contribution is 2.17. The number of nitrogens with two attached hydrogens (primary N) is 1. The van der Waals surface area contributed by atoms with Gasteiger partial charge in [0.05, 0.1) is 30.8 Å². The molecule has 0 atom stereocenters. The number of nitrogens with one attached hydrogen (secondary N) is 1. The minimum atomic E-state index is -0.335. The number of thiazole rings is 2. The predicted octanol–water partition coefficient (Wildman–Crippen LogP) is 1.47. The number of ether oxygens (including phenoxy) is 1. The smallest absolute Gasteiger partial charge is 0.311 e. The summed E-state index contributed by atoms with van der Waals surface area (Å²) >= 11 is 2.55. The molecule has 0 spiro atoms. The summed E-state index contributed by atoms with van der Waals surface area (Å²) in [5.41, 5.74) is 6.70. The van der Waals surface area contributed by atoms with Gasteiger partial charge in [0.25, 0.3) is 0 Å². The highest BCUT2D eigenvalue weighted by atomic mass is 32.1. The summed E-state index contributed by atoms with van der Waals surface area (Å²) in [5.74, 6) is -0.559. The van der Waals surface area contributed by atoms with E-state index in [-0.39, 0.29) is 24.7 Å². The monoisotopic (exact) mass is 326 g/mol. The zero-order chi connectivity index (χ0) is 15.2. The van der Waals surface area contributed by atoms with Gasteiger partial charge in [-0.05, 0) is 6.92 Å². The summed E-state index contributed by atoms with van der Waals surface area (Å²) in [6, 6.07) is 0. The van der Waals surface area contributed by atoms with Crippen LogP contribution in [0.4, 0.5) is 10.3 Å². The average molecular weight is 326 g/mol. The molecule has 7 nitrogen and oxygen atoms in total. The summed E-state index contributed by atoms with van der Waals surface area (Å²) < 4.78 is 4.84. The number of rotatable bonds is 6. The van der Waals surface area contributed by atoms with Gasteiger partial charge in [-0.25, -0.2) is 9.97 Å². The molecule has 3 N–H and O–H groups in total. The molecule has 0 saturated carbocycles. The van der Waals surface area contributed by atoms with Crippen molar-refractivity contribution in [3.63, 3.8) is 0 Å². The lowest BCUT2D eigenvalue weighted by atomic mass is 10.3. The number of aromatic nitrogens is 2. The number of esters is 1. The largest absolute Gasteiger partial charge is 0.466 e. The number of anilines is 2. The lowest BCUT2D eigenvalue weighted by molar-refractivity contribution is -0.142. The fourth-order valence-electron chi connectivity index (χ4n) is 1.54.